The minimum atomic E-state index is -0.211. The van der Waals surface area contributed by atoms with Crippen LogP contribution in [0.4, 0.5) is 0 Å². The lowest BCUT2D eigenvalue weighted by molar-refractivity contribution is -0.140. The highest BCUT2D eigenvalue weighted by molar-refractivity contribution is 6.47. The van der Waals surface area contributed by atoms with E-state index in [4.69, 9.17) is 5.11 Å². The van der Waals surface area contributed by atoms with Crippen LogP contribution in [0.15, 0.2) is 0 Å². The number of hydrogen-bond acceptors (Lipinski definition) is 3. The molecule has 5 heteroatoms. The van der Waals surface area contributed by atoms with Crippen molar-refractivity contribution in [2.45, 2.75) is 13.8 Å². The maximum absolute atomic E-state index is 9.82. The molecule has 1 N–H and O–H groups in total. The molecule has 0 amide bonds. The van der Waals surface area contributed by atoms with E-state index in [1.165, 1.54) is 6.92 Å². The van der Waals surface area contributed by atoms with Crippen molar-refractivity contribution >= 4 is 29.2 Å². The summed E-state index contributed by atoms with van der Waals surface area (Å²) in [5, 5.41) is 8.69. The van der Waals surface area contributed by atoms with E-state index in [1.807, 2.05) is 0 Å². The van der Waals surface area contributed by atoms with Gasteiger partial charge in [0, 0.05) is 14.0 Å². The number of halogens is 2. The number of carbonyl (C=O) groups is 1. The maximum atomic E-state index is 9.82. The summed E-state index contributed by atoms with van der Waals surface area (Å²) in [7, 11) is 1.00. The fourth-order valence-electron chi connectivity index (χ4n) is 0.203. The molecule has 68 valence electrons. The van der Waals surface area contributed by atoms with Gasteiger partial charge < -0.3 is 9.84 Å². The lowest BCUT2D eigenvalue weighted by Gasteiger charge is -1.89. The van der Waals surface area contributed by atoms with Crippen molar-refractivity contribution in [3.05, 3.63) is 5.34 Å². The Morgan fingerprint density at radius 2 is 1.82 bits per heavy atom. The van der Waals surface area contributed by atoms with Gasteiger partial charge in [-0.15, -0.1) is 0 Å². The van der Waals surface area contributed by atoms with Gasteiger partial charge in [-0.1, -0.05) is 23.2 Å². The van der Waals surface area contributed by atoms with Gasteiger partial charge in [-0.05, 0) is 6.92 Å². The predicted octanol–water partition coefficient (Wildman–Crippen LogP) is 1.64. The van der Waals surface area contributed by atoms with E-state index in [0.717, 1.165) is 7.11 Å². The van der Waals surface area contributed by atoms with Crippen LogP contribution in [0.3, 0.4) is 0 Å². The molecule has 0 unspecified atom stereocenters. The lowest BCUT2D eigenvalue weighted by Crippen LogP contribution is -1.95. The Morgan fingerprint density at radius 1 is 1.55 bits per heavy atom. The first kappa shape index (κ1) is 17.2. The largest absolute Gasteiger partial charge is 0.466 e. The quantitative estimate of drug-likeness (QED) is 0.659. The number of aliphatic hydroxyl groups is 1. The summed E-state index contributed by atoms with van der Waals surface area (Å²) in [6.07, 6.45) is 0. The number of rotatable bonds is 1. The summed E-state index contributed by atoms with van der Waals surface area (Å²) < 4.78 is 4.40. The number of hydrogen-bond donors (Lipinski definition) is 1. The van der Waals surface area contributed by atoms with Crippen LogP contribution in [0.2, 0.25) is 0 Å². The zero-order valence-corrected chi connectivity index (χ0v) is 8.24. The van der Waals surface area contributed by atoms with Crippen LogP contribution < -0.4 is 0 Å². The summed E-state index contributed by atoms with van der Waals surface area (Å²) >= 11 is 9.03. The first-order valence-corrected chi connectivity index (χ1v) is 3.49. The van der Waals surface area contributed by atoms with E-state index < -0.39 is 0 Å². The van der Waals surface area contributed by atoms with Gasteiger partial charge >= 0.3 is 5.97 Å². The van der Waals surface area contributed by atoms with E-state index in [1.54, 1.807) is 12.3 Å². The second kappa shape index (κ2) is 22.5. The van der Waals surface area contributed by atoms with Crippen molar-refractivity contribution in [2.75, 3.05) is 13.7 Å². The van der Waals surface area contributed by atoms with Crippen molar-refractivity contribution in [3.63, 3.8) is 0 Å². The van der Waals surface area contributed by atoms with E-state index in [9.17, 15) is 4.79 Å². The van der Waals surface area contributed by atoms with Crippen LogP contribution in [-0.2, 0) is 9.53 Å². The maximum Gasteiger partial charge on any atom is 0.302 e. The van der Waals surface area contributed by atoms with Crippen molar-refractivity contribution in [1.29, 1.82) is 0 Å². The SMILES string of the molecule is CCOC(C)=O.CO.Cl[C]Cl. The summed E-state index contributed by atoms with van der Waals surface area (Å²) in [4.78, 5) is 9.82. The second-order valence-corrected chi connectivity index (χ2v) is 1.57. The fraction of sp³-hybridized carbons (Fsp3) is 0.667. The number of aliphatic hydroxyl groups excluding tert-OH is 1. The fourth-order valence-corrected chi connectivity index (χ4v) is 0.203. The molecule has 0 atom stereocenters. The third-order valence-electron chi connectivity index (χ3n) is 0.348. The summed E-state index contributed by atoms with van der Waals surface area (Å²) in [6, 6.07) is 0. The van der Waals surface area contributed by atoms with Crippen molar-refractivity contribution in [1.82, 2.24) is 0 Å². The monoisotopic (exact) mass is 202 g/mol. The van der Waals surface area contributed by atoms with E-state index in [2.05, 4.69) is 27.9 Å². The average Bonchev–Trinajstić information content (AvgIpc) is 1.93. The Bertz CT molecular complexity index is 68.8. The Kier molecular flexibility index (Phi) is 35.2. The minimum Gasteiger partial charge on any atom is -0.466 e. The van der Waals surface area contributed by atoms with Crippen LogP contribution in [0.5, 0.6) is 0 Å². The van der Waals surface area contributed by atoms with Gasteiger partial charge in [0.15, 0.2) is 5.34 Å². The molecule has 0 aromatic carbocycles. The van der Waals surface area contributed by atoms with Crippen LogP contribution in [0.1, 0.15) is 13.8 Å². The standard InChI is InChI=1S/C4H8O2.CCl2.CH4O/c1-3-6-4(2)5;2-1-3;1-2/h3H2,1-2H3;;2H,1H3. The summed E-state index contributed by atoms with van der Waals surface area (Å²) in [6.45, 7) is 3.65. The molecule has 0 rings (SSSR count). The van der Waals surface area contributed by atoms with Crippen LogP contribution in [-0.4, -0.2) is 24.8 Å². The van der Waals surface area contributed by atoms with Gasteiger partial charge in [0.25, 0.3) is 0 Å². The summed E-state index contributed by atoms with van der Waals surface area (Å²) in [5.74, 6) is -0.211. The number of esters is 1. The molecule has 0 fully saturated rings. The van der Waals surface area contributed by atoms with Gasteiger partial charge in [-0.3, -0.25) is 4.79 Å². The van der Waals surface area contributed by atoms with Gasteiger partial charge in [0.1, 0.15) is 0 Å². The molecule has 0 bridgehead atoms. The third kappa shape index (κ3) is 70.9. The second-order valence-electron chi connectivity index (χ2n) is 0.996. The summed E-state index contributed by atoms with van der Waals surface area (Å²) in [5.41, 5.74) is 0. The molecular weight excluding hydrogens is 191 g/mol. The Labute approximate surface area is 77.3 Å². The molecule has 0 aliphatic heterocycles. The highest BCUT2D eigenvalue weighted by Crippen LogP contribution is 1.83. The van der Waals surface area contributed by atoms with E-state index in [0.29, 0.717) is 6.61 Å². The van der Waals surface area contributed by atoms with E-state index in [-0.39, 0.29) is 5.97 Å². The first-order chi connectivity index (χ1) is 5.18. The van der Waals surface area contributed by atoms with Crippen molar-refractivity contribution < 1.29 is 14.6 Å². The highest BCUT2D eigenvalue weighted by Gasteiger charge is 1.81. The molecule has 0 aromatic heterocycles. The Morgan fingerprint density at radius 3 is 1.82 bits per heavy atom. The molecule has 0 heterocycles. The normalized spacial score (nSPS) is 6.36. The van der Waals surface area contributed by atoms with Crippen LogP contribution >= 0.6 is 23.2 Å². The molecule has 0 aromatic rings. The van der Waals surface area contributed by atoms with Crippen LogP contribution in [0, 0.1) is 5.34 Å². The molecule has 0 aliphatic carbocycles. The van der Waals surface area contributed by atoms with Gasteiger partial charge in [0.2, 0.25) is 0 Å². The molecule has 11 heavy (non-hydrogen) atoms. The number of carbonyl (C=O) groups excluding carboxylic acids is 1. The number of ether oxygens (including phenoxy) is 1. The first-order valence-electron chi connectivity index (χ1n) is 2.73. The molecular formula is C6H12Cl2O3. The molecule has 0 aliphatic rings. The smallest absolute Gasteiger partial charge is 0.302 e. The molecule has 3 nitrogen and oxygen atoms in total. The van der Waals surface area contributed by atoms with Crippen molar-refractivity contribution in [3.8, 4) is 0 Å². The molecule has 0 saturated heterocycles. The topological polar surface area (TPSA) is 46.5 Å². The zero-order valence-electron chi connectivity index (χ0n) is 6.73. The van der Waals surface area contributed by atoms with Crippen molar-refractivity contribution in [2.24, 2.45) is 0 Å². The average molecular weight is 203 g/mol. The predicted molar refractivity (Wildman–Crippen MR) is 45.4 cm³/mol. The Hall–Kier alpha value is 0.01000. The van der Waals surface area contributed by atoms with Gasteiger partial charge in [0.05, 0.1) is 6.61 Å². The molecule has 0 spiro atoms. The zero-order chi connectivity index (χ0) is 9.70. The lowest BCUT2D eigenvalue weighted by atomic mass is 10.8. The van der Waals surface area contributed by atoms with E-state index >= 15 is 0 Å². The van der Waals surface area contributed by atoms with Gasteiger partial charge in [-0.25, -0.2) is 0 Å². The van der Waals surface area contributed by atoms with Gasteiger partial charge in [-0.2, -0.15) is 0 Å². The Balaban J connectivity index is -0.000000109. The van der Waals surface area contributed by atoms with Crippen LogP contribution in [0.25, 0.3) is 0 Å². The highest BCUT2D eigenvalue weighted by atomic mass is 35.5. The third-order valence-corrected chi connectivity index (χ3v) is 0.348. The molecule has 0 saturated carbocycles. The molecule has 2 radical (unpaired) electrons. The minimum absolute atomic E-state index is 0.211.